The zero-order chi connectivity index (χ0) is 29.8. The van der Waals surface area contributed by atoms with Crippen molar-refractivity contribution in [1.82, 2.24) is 25.4 Å². The van der Waals surface area contributed by atoms with Gasteiger partial charge in [0.05, 0.1) is 42.6 Å². The van der Waals surface area contributed by atoms with Crippen LogP contribution in [0.4, 0.5) is 16.2 Å². The number of urea groups is 1. The molecule has 3 amide bonds. The van der Waals surface area contributed by atoms with Crippen LogP contribution in [0.25, 0.3) is 11.0 Å². The normalized spacial score (nSPS) is 20.3. The molecule has 2 atom stereocenters. The Morgan fingerprint density at radius 2 is 1.98 bits per heavy atom. The zero-order valence-corrected chi connectivity index (χ0v) is 23.5. The third-order valence-electron chi connectivity index (χ3n) is 7.89. The first kappa shape index (κ1) is 28.6. The first-order chi connectivity index (χ1) is 21.0. The number of nitro benzene ring substituents is 1. The van der Waals surface area contributed by atoms with E-state index in [2.05, 4.69) is 20.9 Å². The standard InChI is InChI=1S/C28H33N7O8/c36-25-17-42-24-8-10-33(14-21(24)30-25)28(37)34-12-18(13-34)15-40-16-19-4-1-2-5-23(19)41-11-3-9-29-20-6-7-22(35(38)39)27-26(20)31-43-32-27/h1-2,4-7,18,21,24,29H,3,8-17H2,(H,30,36)/t21-,24+/m1/s1. The molecule has 0 aliphatic carbocycles. The molecule has 43 heavy (non-hydrogen) atoms. The number of nitrogens with one attached hydrogen (secondary N) is 2. The summed E-state index contributed by atoms with van der Waals surface area (Å²) in [4.78, 5) is 38.8. The van der Waals surface area contributed by atoms with Gasteiger partial charge in [-0.05, 0) is 35.3 Å². The van der Waals surface area contributed by atoms with E-state index in [1.165, 1.54) is 6.07 Å². The summed E-state index contributed by atoms with van der Waals surface area (Å²) < 4.78 is 22.3. The number of fused-ring (bicyclic) bond motifs is 2. The highest BCUT2D eigenvalue weighted by atomic mass is 16.6. The lowest BCUT2D eigenvalue weighted by Gasteiger charge is -2.46. The van der Waals surface area contributed by atoms with Gasteiger partial charge in [0.15, 0.2) is 5.52 Å². The lowest BCUT2D eigenvalue weighted by Crippen LogP contribution is -2.64. The summed E-state index contributed by atoms with van der Waals surface area (Å²) in [5.74, 6) is 0.880. The summed E-state index contributed by atoms with van der Waals surface area (Å²) in [6.07, 6.45) is 1.37. The monoisotopic (exact) mass is 595 g/mol. The highest BCUT2D eigenvalue weighted by Gasteiger charge is 2.40. The molecule has 0 radical (unpaired) electrons. The summed E-state index contributed by atoms with van der Waals surface area (Å²) in [6.45, 7) is 4.41. The number of non-ortho nitro benzene ring substituents is 1. The molecule has 15 nitrogen and oxygen atoms in total. The molecule has 4 heterocycles. The average Bonchev–Trinajstić information content (AvgIpc) is 3.48. The van der Waals surface area contributed by atoms with Crippen LogP contribution in [0.1, 0.15) is 18.4 Å². The minimum Gasteiger partial charge on any atom is -0.493 e. The fraction of sp³-hybridized carbons (Fsp3) is 0.500. The number of aromatic nitrogens is 2. The van der Waals surface area contributed by atoms with Crippen molar-refractivity contribution in [3.63, 3.8) is 0 Å². The van der Waals surface area contributed by atoms with Crippen molar-refractivity contribution >= 4 is 34.3 Å². The first-order valence-corrected chi connectivity index (χ1v) is 14.3. The maximum Gasteiger partial charge on any atom is 0.320 e. The van der Waals surface area contributed by atoms with E-state index in [0.717, 1.165) is 17.7 Å². The molecule has 6 rings (SSSR count). The molecule has 0 saturated carbocycles. The summed E-state index contributed by atoms with van der Waals surface area (Å²) in [5, 5.41) is 24.7. The number of carbonyl (C=O) groups is 2. The van der Waals surface area contributed by atoms with Crippen LogP contribution in [-0.4, -0.2) is 102 Å². The molecule has 0 spiro atoms. The van der Waals surface area contributed by atoms with Crippen molar-refractivity contribution in [3.05, 3.63) is 52.1 Å². The van der Waals surface area contributed by atoms with Gasteiger partial charge in [-0.1, -0.05) is 18.2 Å². The molecular formula is C28H33N7O8. The number of morpholine rings is 1. The van der Waals surface area contributed by atoms with Gasteiger partial charge >= 0.3 is 11.7 Å². The highest BCUT2D eigenvalue weighted by molar-refractivity contribution is 5.93. The molecule has 0 bridgehead atoms. The van der Waals surface area contributed by atoms with Crippen molar-refractivity contribution < 1.29 is 33.4 Å². The second kappa shape index (κ2) is 12.8. The Hall–Kier alpha value is -4.50. The lowest BCUT2D eigenvalue weighted by molar-refractivity contribution is -0.383. The number of anilines is 1. The van der Waals surface area contributed by atoms with E-state index in [4.69, 9.17) is 18.8 Å². The number of piperidine rings is 1. The summed E-state index contributed by atoms with van der Waals surface area (Å²) >= 11 is 0. The molecule has 228 valence electrons. The Labute approximate surface area is 246 Å². The maximum atomic E-state index is 12.9. The number of likely N-dealkylation sites (tertiary alicyclic amines) is 2. The van der Waals surface area contributed by atoms with E-state index >= 15 is 0 Å². The predicted octanol–water partition coefficient (Wildman–Crippen LogP) is 2.17. The molecule has 3 aromatic rings. The summed E-state index contributed by atoms with van der Waals surface area (Å²) in [5.41, 5.74) is 1.80. The number of benzene rings is 2. The predicted molar refractivity (Wildman–Crippen MR) is 151 cm³/mol. The molecule has 2 N–H and O–H groups in total. The average molecular weight is 596 g/mol. The van der Waals surface area contributed by atoms with E-state index in [-0.39, 0.29) is 47.8 Å². The van der Waals surface area contributed by atoms with Gasteiger partial charge in [0.25, 0.3) is 0 Å². The smallest absolute Gasteiger partial charge is 0.320 e. The number of rotatable bonds is 11. The SMILES string of the molecule is O=C1CO[C@H]2CCN(C(=O)N3CC(COCc4ccccc4OCCCNc4ccc([N+](=O)[O-])c5nonc45)C3)C[C@H]2N1. The molecule has 15 heteroatoms. The number of hydrogen-bond donors (Lipinski definition) is 2. The Kier molecular flexibility index (Phi) is 8.51. The second-order valence-corrected chi connectivity index (χ2v) is 10.9. The Morgan fingerprint density at radius 1 is 1.14 bits per heavy atom. The van der Waals surface area contributed by atoms with E-state index in [1.807, 2.05) is 29.2 Å². The molecule has 3 aliphatic rings. The number of nitro groups is 1. The molecule has 3 aliphatic heterocycles. The van der Waals surface area contributed by atoms with Gasteiger partial charge in [0.1, 0.15) is 12.4 Å². The molecule has 3 saturated heterocycles. The molecule has 2 aromatic carbocycles. The van der Waals surface area contributed by atoms with Crippen LogP contribution in [0.15, 0.2) is 41.0 Å². The van der Waals surface area contributed by atoms with Crippen LogP contribution in [-0.2, 0) is 20.9 Å². The Bertz CT molecular complexity index is 1480. The topological polar surface area (TPSA) is 174 Å². The quantitative estimate of drug-likeness (QED) is 0.189. The second-order valence-electron chi connectivity index (χ2n) is 10.9. The van der Waals surface area contributed by atoms with Crippen molar-refractivity contribution in [1.29, 1.82) is 0 Å². The van der Waals surface area contributed by atoms with E-state index in [0.29, 0.717) is 70.2 Å². The number of nitrogens with zero attached hydrogens (tertiary/aromatic N) is 5. The Balaban J connectivity index is 0.896. The molecule has 3 fully saturated rings. The highest BCUT2D eigenvalue weighted by Crippen LogP contribution is 2.29. The summed E-state index contributed by atoms with van der Waals surface area (Å²) in [6, 6.07) is 10.5. The number of hydrogen-bond acceptors (Lipinski definition) is 11. The number of ether oxygens (including phenoxy) is 3. The third kappa shape index (κ3) is 6.46. The Morgan fingerprint density at radius 3 is 2.84 bits per heavy atom. The number of amides is 3. The van der Waals surface area contributed by atoms with Crippen LogP contribution >= 0.6 is 0 Å². The number of para-hydroxylation sites is 1. The summed E-state index contributed by atoms with van der Waals surface area (Å²) in [7, 11) is 0. The van der Waals surface area contributed by atoms with Gasteiger partial charge in [0, 0.05) is 50.3 Å². The van der Waals surface area contributed by atoms with Gasteiger partial charge in [-0.2, -0.15) is 0 Å². The van der Waals surface area contributed by atoms with Gasteiger partial charge in [-0.3, -0.25) is 14.9 Å². The zero-order valence-electron chi connectivity index (χ0n) is 23.5. The van der Waals surface area contributed by atoms with Crippen LogP contribution < -0.4 is 15.4 Å². The van der Waals surface area contributed by atoms with Crippen LogP contribution in [0.3, 0.4) is 0 Å². The van der Waals surface area contributed by atoms with Gasteiger partial charge < -0.3 is 34.6 Å². The van der Waals surface area contributed by atoms with Crippen LogP contribution in [0.5, 0.6) is 5.75 Å². The largest absolute Gasteiger partial charge is 0.493 e. The maximum absolute atomic E-state index is 12.9. The van der Waals surface area contributed by atoms with E-state index in [9.17, 15) is 19.7 Å². The van der Waals surface area contributed by atoms with Crippen molar-refractivity contribution in [3.8, 4) is 5.75 Å². The van der Waals surface area contributed by atoms with Crippen molar-refractivity contribution in [2.75, 3.05) is 57.9 Å². The molecule has 0 unspecified atom stereocenters. The minimum absolute atomic E-state index is 0.00144. The van der Waals surface area contributed by atoms with E-state index < -0.39 is 4.92 Å². The van der Waals surface area contributed by atoms with Crippen molar-refractivity contribution in [2.45, 2.75) is 31.6 Å². The van der Waals surface area contributed by atoms with Gasteiger partial charge in [0.2, 0.25) is 11.4 Å². The van der Waals surface area contributed by atoms with Gasteiger partial charge in [-0.15, -0.1) is 0 Å². The van der Waals surface area contributed by atoms with Crippen LogP contribution in [0, 0.1) is 16.0 Å². The lowest BCUT2D eigenvalue weighted by atomic mass is 9.99. The first-order valence-electron chi connectivity index (χ1n) is 14.3. The minimum atomic E-state index is -0.520. The van der Waals surface area contributed by atoms with Crippen LogP contribution in [0.2, 0.25) is 0 Å². The fourth-order valence-corrected chi connectivity index (χ4v) is 5.63. The molecule has 1 aromatic heterocycles. The van der Waals surface area contributed by atoms with Crippen molar-refractivity contribution in [2.24, 2.45) is 5.92 Å². The third-order valence-corrected chi connectivity index (χ3v) is 7.89. The fourth-order valence-electron chi connectivity index (χ4n) is 5.63. The van der Waals surface area contributed by atoms with Gasteiger partial charge in [-0.25, -0.2) is 9.42 Å². The molecular weight excluding hydrogens is 562 g/mol. The number of carbonyl (C=O) groups excluding carboxylic acids is 2. The van der Waals surface area contributed by atoms with E-state index in [1.54, 1.807) is 11.0 Å².